The van der Waals surface area contributed by atoms with Crippen molar-refractivity contribution >= 4 is 29.0 Å². The summed E-state index contributed by atoms with van der Waals surface area (Å²) in [5.41, 5.74) is 7.64. The molecule has 1 amide bonds. The molecule has 0 unspecified atom stereocenters. The molecule has 1 aromatic carbocycles. The molecule has 0 aromatic heterocycles. The van der Waals surface area contributed by atoms with Crippen LogP contribution in [0.3, 0.4) is 0 Å². The van der Waals surface area contributed by atoms with Gasteiger partial charge in [0.2, 0.25) is 5.91 Å². The molecule has 0 saturated heterocycles. The molecule has 98 valence electrons. The van der Waals surface area contributed by atoms with Crippen molar-refractivity contribution in [3.05, 3.63) is 18.2 Å². The molecule has 18 heavy (non-hydrogen) atoms. The Morgan fingerprint density at radius 1 is 1.50 bits per heavy atom. The molecule has 0 fully saturated rings. The van der Waals surface area contributed by atoms with Crippen LogP contribution in [0.2, 0.25) is 0 Å². The summed E-state index contributed by atoms with van der Waals surface area (Å²) in [6.45, 7) is 4.77. The van der Waals surface area contributed by atoms with Crippen LogP contribution >= 0.6 is 11.8 Å². The van der Waals surface area contributed by atoms with Gasteiger partial charge >= 0.3 is 0 Å². The number of carbonyl (C=O) groups excluding carboxylic acids is 1. The van der Waals surface area contributed by atoms with Crippen LogP contribution in [-0.2, 0) is 4.79 Å². The fourth-order valence-corrected chi connectivity index (χ4v) is 2.55. The topological polar surface area (TPSA) is 58.4 Å². The zero-order chi connectivity index (χ0) is 13.3. The van der Waals surface area contributed by atoms with E-state index >= 15 is 0 Å². The third-order valence-electron chi connectivity index (χ3n) is 3.39. The number of nitrogens with zero attached hydrogens (tertiary/aromatic N) is 1. The summed E-state index contributed by atoms with van der Waals surface area (Å²) in [4.78, 5) is 14.7. The number of nitrogens with one attached hydrogen (secondary N) is 1. The van der Waals surface area contributed by atoms with Crippen LogP contribution in [0.4, 0.5) is 11.4 Å². The second-order valence-electron chi connectivity index (χ2n) is 5.09. The lowest BCUT2D eigenvalue weighted by Crippen LogP contribution is -2.47. The maximum atomic E-state index is 11.4. The van der Waals surface area contributed by atoms with Crippen molar-refractivity contribution in [1.82, 2.24) is 0 Å². The van der Waals surface area contributed by atoms with Crippen molar-refractivity contribution in [3.8, 4) is 0 Å². The zero-order valence-electron chi connectivity index (χ0n) is 11.0. The summed E-state index contributed by atoms with van der Waals surface area (Å²) < 4.78 is 0. The molecule has 3 N–H and O–H groups in total. The Morgan fingerprint density at radius 2 is 2.22 bits per heavy atom. The molecule has 1 aliphatic rings. The first kappa shape index (κ1) is 13.2. The minimum absolute atomic E-state index is 0.0605. The lowest BCUT2D eigenvalue weighted by molar-refractivity contribution is -0.113. The molecule has 2 rings (SSSR count). The molecule has 0 spiro atoms. The second-order valence-corrected chi connectivity index (χ2v) is 6.11. The molecule has 0 saturated carbocycles. The maximum absolute atomic E-state index is 11.4. The van der Waals surface area contributed by atoms with Gasteiger partial charge in [0.15, 0.2) is 0 Å². The molecule has 5 heteroatoms. The highest BCUT2D eigenvalue weighted by molar-refractivity contribution is 8.00. The number of amides is 1. The number of rotatable bonds is 3. The first-order valence-corrected chi connectivity index (χ1v) is 6.93. The lowest BCUT2D eigenvalue weighted by Gasteiger charge is -2.37. The fourth-order valence-electron chi connectivity index (χ4n) is 1.77. The SMILES string of the molecule is CN(c1ccc2c(c1)NC(=O)CS2)C(C)(C)CN. The summed E-state index contributed by atoms with van der Waals surface area (Å²) in [5, 5.41) is 2.91. The minimum Gasteiger partial charge on any atom is -0.368 e. The van der Waals surface area contributed by atoms with E-state index in [9.17, 15) is 4.79 Å². The number of thioether (sulfide) groups is 1. The van der Waals surface area contributed by atoms with E-state index in [1.54, 1.807) is 11.8 Å². The Hall–Kier alpha value is -1.20. The summed E-state index contributed by atoms with van der Waals surface area (Å²) in [6, 6.07) is 6.13. The summed E-state index contributed by atoms with van der Waals surface area (Å²) in [6.07, 6.45) is 0. The van der Waals surface area contributed by atoms with Crippen LogP contribution in [-0.4, -0.2) is 30.8 Å². The second kappa shape index (κ2) is 4.82. The van der Waals surface area contributed by atoms with Gasteiger partial charge in [-0.05, 0) is 32.0 Å². The van der Waals surface area contributed by atoms with Crippen molar-refractivity contribution in [2.75, 3.05) is 29.6 Å². The fraction of sp³-hybridized carbons (Fsp3) is 0.462. The molecule has 1 heterocycles. The van der Waals surface area contributed by atoms with Gasteiger partial charge in [0.1, 0.15) is 0 Å². The van der Waals surface area contributed by atoms with Gasteiger partial charge in [-0.15, -0.1) is 11.8 Å². The Labute approximate surface area is 112 Å². The maximum Gasteiger partial charge on any atom is 0.234 e. The van der Waals surface area contributed by atoms with Crippen LogP contribution in [0, 0.1) is 0 Å². The van der Waals surface area contributed by atoms with E-state index in [-0.39, 0.29) is 11.4 Å². The van der Waals surface area contributed by atoms with Gasteiger partial charge in [-0.3, -0.25) is 4.79 Å². The molecule has 1 aliphatic heterocycles. The van der Waals surface area contributed by atoms with Crippen LogP contribution < -0.4 is 16.0 Å². The quantitative estimate of drug-likeness (QED) is 0.876. The van der Waals surface area contributed by atoms with Gasteiger partial charge in [-0.1, -0.05) is 0 Å². The summed E-state index contributed by atoms with van der Waals surface area (Å²) >= 11 is 1.58. The van der Waals surface area contributed by atoms with Gasteiger partial charge in [0.05, 0.1) is 11.4 Å². The standard InChI is InChI=1S/C13H19N3OS/c1-13(2,8-14)16(3)9-4-5-11-10(6-9)15-12(17)7-18-11/h4-6H,7-8,14H2,1-3H3,(H,15,17). The van der Waals surface area contributed by atoms with Crippen LogP contribution in [0.1, 0.15) is 13.8 Å². The molecule has 4 nitrogen and oxygen atoms in total. The minimum atomic E-state index is -0.111. The van der Waals surface area contributed by atoms with Gasteiger partial charge < -0.3 is 16.0 Å². The Kier molecular flexibility index (Phi) is 3.54. The Balaban J connectivity index is 2.31. The monoisotopic (exact) mass is 265 g/mol. The van der Waals surface area contributed by atoms with Gasteiger partial charge in [0, 0.05) is 29.7 Å². The average molecular weight is 265 g/mol. The molecule has 0 radical (unpaired) electrons. The molecule has 1 aromatic rings. The van der Waals surface area contributed by atoms with Crippen LogP contribution in [0.25, 0.3) is 0 Å². The van der Waals surface area contributed by atoms with Crippen LogP contribution in [0.15, 0.2) is 23.1 Å². The number of hydrogen-bond donors (Lipinski definition) is 2. The highest BCUT2D eigenvalue weighted by Gasteiger charge is 2.23. The molecule has 0 aliphatic carbocycles. The number of nitrogens with two attached hydrogens (primary N) is 1. The molecular weight excluding hydrogens is 246 g/mol. The zero-order valence-corrected chi connectivity index (χ0v) is 11.8. The number of benzene rings is 1. The normalized spacial score (nSPS) is 15.0. The van der Waals surface area contributed by atoms with Gasteiger partial charge in [-0.2, -0.15) is 0 Å². The van der Waals surface area contributed by atoms with E-state index in [4.69, 9.17) is 5.73 Å². The molecular formula is C13H19N3OS. The Morgan fingerprint density at radius 3 is 2.89 bits per heavy atom. The highest BCUT2D eigenvalue weighted by Crippen LogP contribution is 2.35. The van der Waals surface area contributed by atoms with Gasteiger partial charge in [0.25, 0.3) is 0 Å². The van der Waals surface area contributed by atoms with E-state index in [1.807, 2.05) is 13.1 Å². The lowest BCUT2D eigenvalue weighted by atomic mass is 10.0. The highest BCUT2D eigenvalue weighted by atomic mass is 32.2. The van der Waals surface area contributed by atoms with Crippen molar-refractivity contribution in [2.45, 2.75) is 24.3 Å². The van der Waals surface area contributed by atoms with Gasteiger partial charge in [-0.25, -0.2) is 0 Å². The van der Waals surface area contributed by atoms with Crippen molar-refractivity contribution in [2.24, 2.45) is 5.73 Å². The predicted molar refractivity (Wildman–Crippen MR) is 77.3 cm³/mol. The van der Waals surface area contributed by atoms with Crippen molar-refractivity contribution in [1.29, 1.82) is 0 Å². The van der Waals surface area contributed by atoms with Crippen molar-refractivity contribution < 1.29 is 4.79 Å². The van der Waals surface area contributed by atoms with Crippen molar-refractivity contribution in [3.63, 3.8) is 0 Å². The number of carbonyl (C=O) groups is 1. The number of likely N-dealkylation sites (N-methyl/N-ethyl adjacent to an activating group) is 1. The molecule has 0 bridgehead atoms. The summed E-state index contributed by atoms with van der Waals surface area (Å²) in [7, 11) is 2.02. The van der Waals surface area contributed by atoms with E-state index < -0.39 is 0 Å². The third-order valence-corrected chi connectivity index (χ3v) is 4.46. The third kappa shape index (κ3) is 2.47. The van der Waals surface area contributed by atoms with E-state index in [0.29, 0.717) is 12.3 Å². The summed E-state index contributed by atoms with van der Waals surface area (Å²) in [5.74, 6) is 0.557. The molecule has 0 atom stereocenters. The smallest absolute Gasteiger partial charge is 0.234 e. The van der Waals surface area contributed by atoms with Crippen LogP contribution in [0.5, 0.6) is 0 Å². The number of hydrogen-bond acceptors (Lipinski definition) is 4. The Bertz CT molecular complexity index is 473. The number of anilines is 2. The first-order chi connectivity index (χ1) is 8.44. The predicted octanol–water partition coefficient (Wildman–Crippen LogP) is 1.90. The van der Waals surface area contributed by atoms with E-state index in [1.165, 1.54) is 0 Å². The van der Waals surface area contributed by atoms with E-state index in [2.05, 4.69) is 36.2 Å². The largest absolute Gasteiger partial charge is 0.368 e. The first-order valence-electron chi connectivity index (χ1n) is 5.94. The van der Waals surface area contributed by atoms with E-state index in [0.717, 1.165) is 16.3 Å². The number of fused-ring (bicyclic) bond motifs is 1. The average Bonchev–Trinajstić information content (AvgIpc) is 2.36.